The minimum atomic E-state index is -1.33. The number of fused-ring (bicyclic) bond motifs is 1. The predicted octanol–water partition coefficient (Wildman–Crippen LogP) is 2.80. The van der Waals surface area contributed by atoms with Crippen molar-refractivity contribution in [2.24, 2.45) is 22.4 Å². The Bertz CT molecular complexity index is 2000. The number of nitrogens with one attached hydrogen (secondary N) is 3. The molecule has 0 saturated heterocycles. The lowest BCUT2D eigenvalue weighted by Crippen LogP contribution is -2.56. The molecule has 3 aromatic carbocycles. The van der Waals surface area contributed by atoms with Crippen LogP contribution >= 0.6 is 0 Å². The van der Waals surface area contributed by atoms with E-state index in [0.29, 0.717) is 5.56 Å². The second kappa shape index (κ2) is 17.6. The van der Waals surface area contributed by atoms with E-state index in [4.69, 9.17) is 15.9 Å². The van der Waals surface area contributed by atoms with Crippen molar-refractivity contribution in [1.82, 2.24) is 16.0 Å². The largest absolute Gasteiger partial charge is 0.508 e. The van der Waals surface area contributed by atoms with Gasteiger partial charge in [0.1, 0.15) is 35.3 Å². The fourth-order valence-corrected chi connectivity index (χ4v) is 5.51. The fourth-order valence-electron chi connectivity index (χ4n) is 5.51. The van der Waals surface area contributed by atoms with E-state index >= 15 is 0 Å². The molecule has 0 bridgehead atoms. The number of hydrogen-bond donors (Lipinski definition) is 7. The monoisotopic (exact) mass is 716 g/mol. The van der Waals surface area contributed by atoms with Crippen LogP contribution in [0.1, 0.15) is 49.2 Å². The van der Waals surface area contributed by atoms with Crippen LogP contribution in [0.3, 0.4) is 0 Å². The van der Waals surface area contributed by atoms with Gasteiger partial charge in [0.05, 0.1) is 10.9 Å². The molecule has 15 heteroatoms. The highest BCUT2D eigenvalue weighted by Gasteiger charge is 2.32. The van der Waals surface area contributed by atoms with Gasteiger partial charge in [0.15, 0.2) is 5.96 Å². The van der Waals surface area contributed by atoms with Gasteiger partial charge in [-0.25, -0.2) is 9.18 Å². The van der Waals surface area contributed by atoms with Gasteiger partial charge in [-0.2, -0.15) is 0 Å². The Balaban J connectivity index is 1.67. The summed E-state index contributed by atoms with van der Waals surface area (Å²) in [5.41, 5.74) is 10.5. The Morgan fingerprint density at radius 1 is 0.885 bits per heavy atom. The van der Waals surface area contributed by atoms with E-state index < -0.39 is 58.8 Å². The first kappa shape index (κ1) is 38.6. The SMILES string of the molecule is CC(C)CC(NC(=O)C(Cc1ccccc1)NC(=O)c1oc2cc(O)ccc2c(=O)c1-c1ccc(F)cc1)C(=O)NC(CCCN=C(N)N)C(=O)O. The number of carbonyl (C=O) groups excluding carboxylic acids is 3. The van der Waals surface area contributed by atoms with Gasteiger partial charge in [-0.1, -0.05) is 56.3 Å². The van der Waals surface area contributed by atoms with Crippen molar-refractivity contribution >= 4 is 40.6 Å². The number of benzene rings is 3. The van der Waals surface area contributed by atoms with Gasteiger partial charge < -0.3 is 42.0 Å². The molecule has 1 heterocycles. The normalized spacial score (nSPS) is 12.8. The molecular formula is C37H41FN6O8. The number of aliphatic carboxylic acids is 1. The zero-order chi connectivity index (χ0) is 37.9. The van der Waals surface area contributed by atoms with Crippen LogP contribution in [0.5, 0.6) is 5.75 Å². The number of phenols is 1. The first-order chi connectivity index (χ1) is 24.7. The maximum Gasteiger partial charge on any atom is 0.326 e. The Morgan fingerprint density at radius 3 is 2.17 bits per heavy atom. The average molecular weight is 717 g/mol. The molecule has 1 aromatic heterocycles. The molecule has 4 aromatic rings. The van der Waals surface area contributed by atoms with Crippen molar-refractivity contribution in [2.45, 2.75) is 57.7 Å². The number of hydrogen-bond acceptors (Lipinski definition) is 8. The Labute approximate surface area is 298 Å². The molecule has 4 rings (SSSR count). The van der Waals surface area contributed by atoms with Crippen LogP contribution in [0, 0.1) is 11.7 Å². The van der Waals surface area contributed by atoms with Crippen molar-refractivity contribution in [3.63, 3.8) is 0 Å². The summed E-state index contributed by atoms with van der Waals surface area (Å²) in [6, 6.07) is 13.5. The number of carboxylic acid groups (broad SMARTS) is 1. The van der Waals surface area contributed by atoms with Crippen molar-refractivity contribution < 1.29 is 38.2 Å². The lowest BCUT2D eigenvalue weighted by Gasteiger charge is -2.25. The zero-order valence-corrected chi connectivity index (χ0v) is 28.6. The topological polar surface area (TPSA) is 239 Å². The number of carbonyl (C=O) groups is 4. The molecule has 0 saturated carbocycles. The summed E-state index contributed by atoms with van der Waals surface area (Å²) in [4.78, 5) is 71.0. The molecule has 3 unspecified atom stereocenters. The Kier molecular flexibility index (Phi) is 13.1. The molecule has 0 fully saturated rings. The number of rotatable bonds is 16. The van der Waals surface area contributed by atoms with Gasteiger partial charge in [-0.15, -0.1) is 0 Å². The molecule has 52 heavy (non-hydrogen) atoms. The van der Waals surface area contributed by atoms with Crippen LogP contribution in [-0.4, -0.2) is 64.5 Å². The number of amides is 3. The lowest BCUT2D eigenvalue weighted by atomic mass is 9.99. The van der Waals surface area contributed by atoms with E-state index in [1.165, 1.54) is 24.3 Å². The van der Waals surface area contributed by atoms with Crippen LogP contribution in [0.4, 0.5) is 4.39 Å². The molecule has 0 spiro atoms. The minimum absolute atomic E-state index is 0.0119. The maximum absolute atomic E-state index is 14.0. The standard InChI is InChI=1S/C37H41FN6O8/c1-20(2)17-27(33(47)42-26(36(50)51)9-6-16-41-37(39)40)43-34(48)28(18-21-7-4-3-5-8-21)44-35(49)32-30(22-10-12-23(38)13-11-22)31(46)25-15-14-24(45)19-29(25)52-32/h3-5,7-8,10-15,19-20,26-28,45H,6,9,16-18H2,1-2H3,(H,42,47)(H,43,48)(H,44,49)(H,50,51)(H4,39,40,41). The molecule has 274 valence electrons. The van der Waals surface area contributed by atoms with Crippen LogP contribution in [0.15, 0.2) is 87.0 Å². The third-order valence-electron chi connectivity index (χ3n) is 8.02. The molecule has 14 nitrogen and oxygen atoms in total. The number of phenolic OH excluding ortho intramolecular Hbond substituents is 1. The van der Waals surface area contributed by atoms with E-state index in [0.717, 1.165) is 18.2 Å². The number of carboxylic acids is 1. The van der Waals surface area contributed by atoms with E-state index in [2.05, 4.69) is 20.9 Å². The quantitative estimate of drug-likeness (QED) is 0.0508. The lowest BCUT2D eigenvalue weighted by molar-refractivity contribution is -0.142. The number of aliphatic imine (C=N–C) groups is 1. The number of nitrogens with two attached hydrogens (primary N) is 2. The summed E-state index contributed by atoms with van der Waals surface area (Å²) in [5.74, 6) is -5.37. The van der Waals surface area contributed by atoms with Crippen molar-refractivity contribution in [2.75, 3.05) is 6.54 Å². The molecule has 3 amide bonds. The van der Waals surface area contributed by atoms with Gasteiger partial charge >= 0.3 is 5.97 Å². The van der Waals surface area contributed by atoms with Gasteiger partial charge in [0.25, 0.3) is 5.91 Å². The molecular weight excluding hydrogens is 675 g/mol. The highest BCUT2D eigenvalue weighted by Crippen LogP contribution is 2.27. The number of guanidine groups is 1. The van der Waals surface area contributed by atoms with Crippen LogP contribution in [0.25, 0.3) is 22.1 Å². The maximum atomic E-state index is 14.0. The zero-order valence-electron chi connectivity index (χ0n) is 28.6. The number of nitrogens with zero attached hydrogens (tertiary/aromatic N) is 1. The van der Waals surface area contributed by atoms with E-state index in [9.17, 15) is 38.6 Å². The molecule has 0 aliphatic heterocycles. The Hall–Kier alpha value is -6.25. The number of aromatic hydroxyl groups is 1. The van der Waals surface area contributed by atoms with E-state index in [1.54, 1.807) is 30.3 Å². The fraction of sp³-hybridized carbons (Fsp3) is 0.297. The summed E-state index contributed by atoms with van der Waals surface area (Å²) < 4.78 is 19.7. The van der Waals surface area contributed by atoms with E-state index in [1.807, 2.05) is 13.8 Å². The van der Waals surface area contributed by atoms with Gasteiger partial charge in [0.2, 0.25) is 23.0 Å². The smallest absolute Gasteiger partial charge is 0.326 e. The molecule has 9 N–H and O–H groups in total. The third-order valence-corrected chi connectivity index (χ3v) is 8.02. The first-order valence-electron chi connectivity index (χ1n) is 16.5. The predicted molar refractivity (Wildman–Crippen MR) is 192 cm³/mol. The van der Waals surface area contributed by atoms with Crippen LogP contribution < -0.4 is 32.8 Å². The summed E-state index contributed by atoms with van der Waals surface area (Å²) in [6.45, 7) is 3.78. The molecule has 3 atom stereocenters. The van der Waals surface area contributed by atoms with Crippen molar-refractivity contribution in [3.05, 3.63) is 100 Å². The van der Waals surface area contributed by atoms with Crippen molar-refractivity contribution in [3.8, 4) is 16.9 Å². The summed E-state index contributed by atoms with van der Waals surface area (Å²) in [5, 5.41) is 27.6. The van der Waals surface area contributed by atoms with Gasteiger partial charge in [-0.3, -0.25) is 24.2 Å². The highest BCUT2D eigenvalue weighted by atomic mass is 19.1. The van der Waals surface area contributed by atoms with Gasteiger partial charge in [0, 0.05) is 19.0 Å². The molecule has 0 radical (unpaired) electrons. The van der Waals surface area contributed by atoms with Crippen LogP contribution in [0.2, 0.25) is 0 Å². The van der Waals surface area contributed by atoms with Crippen molar-refractivity contribution in [1.29, 1.82) is 0 Å². The third kappa shape index (κ3) is 10.4. The minimum Gasteiger partial charge on any atom is -0.508 e. The van der Waals surface area contributed by atoms with Gasteiger partial charge in [-0.05, 0) is 60.6 Å². The molecule has 0 aliphatic carbocycles. The summed E-state index contributed by atoms with van der Waals surface area (Å²) in [6.07, 6.45) is 0.340. The average Bonchev–Trinajstić information content (AvgIpc) is 3.09. The Morgan fingerprint density at radius 2 is 1.54 bits per heavy atom. The van der Waals surface area contributed by atoms with Crippen LogP contribution in [-0.2, 0) is 20.8 Å². The first-order valence-corrected chi connectivity index (χ1v) is 16.5. The number of halogens is 1. The molecule has 0 aliphatic rings. The second-order valence-corrected chi connectivity index (χ2v) is 12.6. The summed E-state index contributed by atoms with van der Waals surface area (Å²) in [7, 11) is 0. The highest BCUT2D eigenvalue weighted by molar-refractivity contribution is 6.03. The van der Waals surface area contributed by atoms with E-state index in [-0.39, 0.29) is 72.0 Å². The summed E-state index contributed by atoms with van der Waals surface area (Å²) >= 11 is 0. The second-order valence-electron chi connectivity index (χ2n) is 12.6.